The van der Waals surface area contributed by atoms with Crippen LogP contribution in [0.3, 0.4) is 0 Å². The fraction of sp³-hybridized carbons (Fsp3) is 0.280. The molecular formula is C25H27ClF2N6O3Si. The zero-order chi connectivity index (χ0) is 27.4. The van der Waals surface area contributed by atoms with E-state index in [1.807, 2.05) is 0 Å². The number of halogens is 3. The third-order valence-corrected chi connectivity index (χ3v) is 7.40. The van der Waals surface area contributed by atoms with Crippen LogP contribution in [0.1, 0.15) is 5.69 Å². The molecule has 0 atom stereocenters. The van der Waals surface area contributed by atoms with Gasteiger partial charge in [0.05, 0.1) is 16.1 Å². The molecule has 13 heteroatoms. The van der Waals surface area contributed by atoms with E-state index in [0.29, 0.717) is 28.4 Å². The summed E-state index contributed by atoms with van der Waals surface area (Å²) in [5.41, 5.74) is 1.01. The van der Waals surface area contributed by atoms with Gasteiger partial charge in [-0.1, -0.05) is 31.2 Å². The van der Waals surface area contributed by atoms with E-state index in [1.54, 1.807) is 29.8 Å². The first-order valence-corrected chi connectivity index (χ1v) is 15.8. The summed E-state index contributed by atoms with van der Waals surface area (Å²) in [7, 11) is -1.24. The number of amides is 2. The van der Waals surface area contributed by atoms with E-state index in [1.165, 1.54) is 12.3 Å². The maximum absolute atomic E-state index is 14.9. The first-order valence-electron chi connectivity index (χ1n) is 11.8. The molecule has 0 bridgehead atoms. The first kappa shape index (κ1) is 27.4. The van der Waals surface area contributed by atoms with Crippen molar-refractivity contribution in [3.05, 3.63) is 65.1 Å². The number of aromatic nitrogens is 4. The van der Waals surface area contributed by atoms with Crippen molar-refractivity contribution < 1.29 is 23.0 Å². The second kappa shape index (κ2) is 11.4. The number of anilines is 2. The molecule has 2 amide bonds. The Labute approximate surface area is 224 Å². The van der Waals surface area contributed by atoms with Crippen molar-refractivity contribution >= 4 is 48.2 Å². The average Bonchev–Trinajstić information content (AvgIpc) is 3.16. The van der Waals surface area contributed by atoms with Gasteiger partial charge in [0.15, 0.2) is 23.2 Å². The van der Waals surface area contributed by atoms with Crippen LogP contribution in [0.15, 0.2) is 42.7 Å². The summed E-state index contributed by atoms with van der Waals surface area (Å²) in [5, 5.41) is 13.1. The molecule has 0 fully saturated rings. The summed E-state index contributed by atoms with van der Waals surface area (Å²) in [6.07, 6.45) is 3.09. The van der Waals surface area contributed by atoms with Crippen LogP contribution in [0.2, 0.25) is 30.7 Å². The van der Waals surface area contributed by atoms with Crippen molar-refractivity contribution in [2.75, 3.05) is 17.2 Å². The Bertz CT molecular complexity index is 1440. The Morgan fingerprint density at radius 2 is 1.84 bits per heavy atom. The van der Waals surface area contributed by atoms with E-state index in [2.05, 4.69) is 45.5 Å². The fourth-order valence-corrected chi connectivity index (χ4v) is 4.50. The number of carbonyl (C=O) groups is 1. The highest BCUT2D eigenvalue weighted by Crippen LogP contribution is 2.37. The van der Waals surface area contributed by atoms with Gasteiger partial charge < -0.3 is 19.4 Å². The molecule has 4 rings (SSSR count). The van der Waals surface area contributed by atoms with E-state index >= 15 is 0 Å². The molecule has 0 saturated carbocycles. The number of hydrogen-bond acceptors (Lipinski definition) is 6. The van der Waals surface area contributed by atoms with Gasteiger partial charge in [-0.15, -0.1) is 5.10 Å². The largest absolute Gasteiger partial charge is 0.450 e. The topological polar surface area (TPSA) is 103 Å². The van der Waals surface area contributed by atoms with Crippen LogP contribution in [-0.2, 0) is 11.5 Å². The molecule has 3 heterocycles. The van der Waals surface area contributed by atoms with Crippen molar-refractivity contribution in [2.45, 2.75) is 39.3 Å². The number of urea groups is 1. The number of nitrogens with zero attached hydrogens (tertiary/aromatic N) is 4. The van der Waals surface area contributed by atoms with Crippen molar-refractivity contribution in [3.63, 3.8) is 0 Å². The number of carbonyl (C=O) groups excluding carboxylic acids is 1. The SMILES string of the molecule is Cc1ccc(NC(=O)Nc2cc(F)c(Oc3ccnc4c3c(Cl)cn4COCC[Si](C)(C)C)c(F)c2)nn1. The second-order valence-corrected chi connectivity index (χ2v) is 15.8. The zero-order valence-electron chi connectivity index (χ0n) is 21.3. The highest BCUT2D eigenvalue weighted by molar-refractivity contribution is 6.76. The van der Waals surface area contributed by atoms with Crippen LogP contribution < -0.4 is 15.4 Å². The van der Waals surface area contributed by atoms with Crippen molar-refractivity contribution in [3.8, 4) is 11.5 Å². The van der Waals surface area contributed by atoms with Gasteiger partial charge in [0.1, 0.15) is 18.1 Å². The normalized spacial score (nSPS) is 11.6. The number of benzene rings is 1. The molecule has 3 aromatic heterocycles. The Kier molecular flexibility index (Phi) is 8.24. The van der Waals surface area contributed by atoms with E-state index in [-0.39, 0.29) is 24.0 Å². The van der Waals surface area contributed by atoms with E-state index in [4.69, 9.17) is 21.1 Å². The highest BCUT2D eigenvalue weighted by atomic mass is 35.5. The summed E-state index contributed by atoms with van der Waals surface area (Å²) in [5.74, 6) is -2.39. The molecule has 0 unspecified atom stereocenters. The third-order valence-electron chi connectivity index (χ3n) is 5.41. The minimum atomic E-state index is -1.24. The lowest BCUT2D eigenvalue weighted by Gasteiger charge is -2.15. The van der Waals surface area contributed by atoms with Gasteiger partial charge in [-0.25, -0.2) is 18.6 Å². The summed E-state index contributed by atoms with van der Waals surface area (Å²) < 4.78 is 42.9. The van der Waals surface area contributed by atoms with Crippen LogP contribution in [0.5, 0.6) is 11.5 Å². The quantitative estimate of drug-likeness (QED) is 0.172. The Morgan fingerprint density at radius 1 is 1.11 bits per heavy atom. The van der Waals surface area contributed by atoms with E-state index < -0.39 is 31.5 Å². The third kappa shape index (κ3) is 6.82. The first-order chi connectivity index (χ1) is 18.0. The molecule has 0 saturated heterocycles. The Balaban J connectivity index is 1.49. The van der Waals surface area contributed by atoms with Gasteiger partial charge in [-0.2, -0.15) is 5.10 Å². The maximum Gasteiger partial charge on any atom is 0.324 e. The van der Waals surface area contributed by atoms with Crippen molar-refractivity contribution in [1.29, 1.82) is 0 Å². The van der Waals surface area contributed by atoms with Gasteiger partial charge in [0.25, 0.3) is 0 Å². The van der Waals surface area contributed by atoms with Crippen LogP contribution in [0, 0.1) is 18.6 Å². The van der Waals surface area contributed by atoms with Crippen LogP contribution in [-0.4, -0.2) is 40.5 Å². The highest BCUT2D eigenvalue weighted by Gasteiger charge is 2.20. The molecule has 4 aromatic rings. The summed E-state index contributed by atoms with van der Waals surface area (Å²) in [6.45, 7) is 9.37. The summed E-state index contributed by atoms with van der Waals surface area (Å²) >= 11 is 6.43. The van der Waals surface area contributed by atoms with Gasteiger partial charge >= 0.3 is 6.03 Å². The maximum atomic E-state index is 14.9. The number of rotatable bonds is 9. The molecule has 0 aliphatic heterocycles. The van der Waals surface area contributed by atoms with Crippen LogP contribution >= 0.6 is 11.6 Å². The zero-order valence-corrected chi connectivity index (χ0v) is 23.1. The number of ether oxygens (including phenoxy) is 2. The molecule has 0 radical (unpaired) electrons. The van der Waals surface area contributed by atoms with Crippen molar-refractivity contribution in [1.82, 2.24) is 19.7 Å². The predicted octanol–water partition coefficient (Wildman–Crippen LogP) is 6.81. The van der Waals surface area contributed by atoms with E-state index in [0.717, 1.165) is 18.2 Å². The molecule has 9 nitrogen and oxygen atoms in total. The fourth-order valence-electron chi connectivity index (χ4n) is 3.45. The second-order valence-electron chi connectivity index (χ2n) is 9.81. The lowest BCUT2D eigenvalue weighted by Crippen LogP contribution is -2.22. The molecular weight excluding hydrogens is 534 g/mol. The molecule has 0 spiro atoms. The van der Waals surface area contributed by atoms with Crippen molar-refractivity contribution in [2.24, 2.45) is 0 Å². The molecule has 38 heavy (non-hydrogen) atoms. The average molecular weight is 561 g/mol. The smallest absolute Gasteiger partial charge is 0.324 e. The standard InChI is InChI=1S/C25H27ClF2N6O3Si/c1-15-5-6-21(33-32-15)31-25(35)30-16-11-18(27)23(19(28)12-16)37-20-7-8-29-24-22(20)17(26)13-34(24)14-36-9-10-38(2,3)4/h5-8,11-13H,9-10,14H2,1-4H3,(H2,30,31,33,35). The Morgan fingerprint density at radius 3 is 2.50 bits per heavy atom. The van der Waals surface area contributed by atoms with Gasteiger partial charge in [-0.3, -0.25) is 5.32 Å². The summed E-state index contributed by atoms with van der Waals surface area (Å²) in [6, 6.07) is 6.82. The monoisotopic (exact) mass is 560 g/mol. The number of fused-ring (bicyclic) bond motifs is 1. The van der Waals surface area contributed by atoms with Crippen LogP contribution in [0.4, 0.5) is 25.1 Å². The Hall–Kier alpha value is -3.61. The minimum absolute atomic E-state index is 0.120. The van der Waals surface area contributed by atoms with Gasteiger partial charge in [-0.05, 0) is 31.2 Å². The lowest BCUT2D eigenvalue weighted by molar-refractivity contribution is 0.0899. The number of aryl methyl sites for hydroxylation is 1. The lowest BCUT2D eigenvalue weighted by atomic mass is 10.2. The number of hydrogen-bond donors (Lipinski definition) is 2. The van der Waals surface area contributed by atoms with E-state index in [9.17, 15) is 13.6 Å². The van der Waals surface area contributed by atoms with Gasteiger partial charge in [0.2, 0.25) is 0 Å². The van der Waals surface area contributed by atoms with Gasteiger partial charge in [0, 0.05) is 44.9 Å². The summed E-state index contributed by atoms with van der Waals surface area (Å²) in [4.78, 5) is 16.5. The molecule has 0 aliphatic rings. The molecule has 1 aromatic carbocycles. The molecule has 2 N–H and O–H groups in total. The number of nitrogens with one attached hydrogen (secondary N) is 2. The van der Waals surface area contributed by atoms with Crippen LogP contribution in [0.25, 0.3) is 11.0 Å². The number of pyridine rings is 1. The molecule has 200 valence electrons. The minimum Gasteiger partial charge on any atom is -0.450 e. The predicted molar refractivity (Wildman–Crippen MR) is 145 cm³/mol. The molecule has 0 aliphatic carbocycles.